The maximum Gasteiger partial charge on any atom is 0.338 e. The first-order valence-electron chi connectivity index (χ1n) is 12.9. The van der Waals surface area contributed by atoms with Gasteiger partial charge in [-0.2, -0.15) is 4.31 Å². The first kappa shape index (κ1) is 31.0. The van der Waals surface area contributed by atoms with Gasteiger partial charge in [-0.25, -0.2) is 22.0 Å². The van der Waals surface area contributed by atoms with E-state index in [2.05, 4.69) is 21.2 Å². The number of rotatable bonds is 10. The first-order valence-corrected chi connectivity index (χ1v) is 15.1. The normalized spacial score (nSPS) is 11.4. The van der Waals surface area contributed by atoms with Crippen molar-refractivity contribution in [2.45, 2.75) is 31.8 Å². The average Bonchev–Trinajstić information content (AvgIpc) is 2.96. The van der Waals surface area contributed by atoms with Crippen molar-refractivity contribution in [3.05, 3.63) is 129 Å². The van der Waals surface area contributed by atoms with Gasteiger partial charge in [0.1, 0.15) is 11.6 Å². The fourth-order valence-corrected chi connectivity index (χ4v) is 5.75. The van der Waals surface area contributed by atoms with Crippen molar-refractivity contribution >= 4 is 43.5 Å². The lowest BCUT2D eigenvalue weighted by molar-refractivity contribution is 0.0526. The topological polar surface area (TPSA) is 92.8 Å². The highest BCUT2D eigenvalue weighted by molar-refractivity contribution is 9.10. The number of aryl methyl sites for hydroxylation is 1. The second-order valence-corrected chi connectivity index (χ2v) is 12.2. The summed E-state index contributed by atoms with van der Waals surface area (Å²) in [5.41, 5.74) is 1.55. The number of esters is 1. The zero-order chi connectivity index (χ0) is 30.4. The zero-order valence-corrected chi connectivity index (χ0v) is 25.1. The number of anilines is 1. The molecule has 218 valence electrons. The molecule has 0 spiro atoms. The number of nitrogens with zero attached hydrogens (tertiary/aromatic N) is 1. The van der Waals surface area contributed by atoms with Gasteiger partial charge in [-0.05, 0) is 85.1 Å². The Labute approximate surface area is 251 Å². The second-order valence-electron chi connectivity index (χ2n) is 9.38. The minimum atomic E-state index is -4.28. The maximum absolute atomic E-state index is 14.8. The van der Waals surface area contributed by atoms with E-state index >= 15 is 0 Å². The Morgan fingerprint density at radius 3 is 2.07 bits per heavy atom. The fraction of sp³-hybridized carbons (Fsp3) is 0.161. The number of hydrogen-bond acceptors (Lipinski definition) is 5. The van der Waals surface area contributed by atoms with Gasteiger partial charge in [-0.1, -0.05) is 46.3 Å². The van der Waals surface area contributed by atoms with Crippen LogP contribution in [0.3, 0.4) is 0 Å². The van der Waals surface area contributed by atoms with Gasteiger partial charge in [0.2, 0.25) is 10.0 Å². The van der Waals surface area contributed by atoms with E-state index in [4.69, 9.17) is 4.74 Å². The Balaban J connectivity index is 1.66. The van der Waals surface area contributed by atoms with Gasteiger partial charge in [-0.3, -0.25) is 4.79 Å². The van der Waals surface area contributed by atoms with E-state index in [1.807, 2.05) is 0 Å². The van der Waals surface area contributed by atoms with Gasteiger partial charge in [-0.15, -0.1) is 0 Å². The van der Waals surface area contributed by atoms with Crippen LogP contribution >= 0.6 is 15.9 Å². The van der Waals surface area contributed by atoms with E-state index in [0.717, 1.165) is 28.7 Å². The molecule has 0 atom stereocenters. The summed E-state index contributed by atoms with van der Waals surface area (Å²) in [6.07, 6.45) is 0. The van der Waals surface area contributed by atoms with Crippen molar-refractivity contribution in [2.24, 2.45) is 0 Å². The molecule has 1 amide bonds. The molecule has 4 aromatic rings. The largest absolute Gasteiger partial charge is 0.462 e. The standard InChI is InChI=1S/C31H27BrF2N2O5S/c1-3-41-31(38)23-9-5-21(6-10-23)18-36(19-22-7-11-24(32)12-8-22)42(39,40)26-14-15-28(33)27(17-26)30(37)35-25-13-4-20(2)29(34)16-25/h4-17H,3,18-19H2,1-2H3,(H,35,37). The molecule has 7 nitrogen and oxygen atoms in total. The second kappa shape index (κ2) is 13.4. The van der Waals surface area contributed by atoms with Gasteiger partial charge < -0.3 is 10.1 Å². The molecule has 0 heterocycles. The van der Waals surface area contributed by atoms with Crippen LogP contribution in [0.1, 0.15) is 44.3 Å². The van der Waals surface area contributed by atoms with Crippen LogP contribution in [0.5, 0.6) is 0 Å². The number of amides is 1. The average molecular weight is 658 g/mol. The lowest BCUT2D eigenvalue weighted by atomic mass is 10.1. The summed E-state index contributed by atoms with van der Waals surface area (Å²) in [6, 6.07) is 20.4. The first-order chi connectivity index (χ1) is 20.0. The van der Waals surface area contributed by atoms with Gasteiger partial charge in [0.25, 0.3) is 5.91 Å². The molecule has 42 heavy (non-hydrogen) atoms. The highest BCUT2D eigenvalue weighted by Gasteiger charge is 2.27. The maximum atomic E-state index is 14.8. The summed E-state index contributed by atoms with van der Waals surface area (Å²) < 4.78 is 63.6. The number of carbonyl (C=O) groups excluding carboxylic acids is 2. The van der Waals surface area contributed by atoms with E-state index < -0.39 is 39.1 Å². The molecular weight excluding hydrogens is 630 g/mol. The number of sulfonamides is 1. The van der Waals surface area contributed by atoms with E-state index in [0.29, 0.717) is 22.3 Å². The number of hydrogen-bond donors (Lipinski definition) is 1. The Morgan fingerprint density at radius 2 is 1.48 bits per heavy atom. The van der Waals surface area contributed by atoms with Gasteiger partial charge >= 0.3 is 5.97 Å². The molecular formula is C31H27BrF2N2O5S. The molecule has 0 aliphatic rings. The van der Waals surface area contributed by atoms with Crippen molar-refractivity contribution in [1.29, 1.82) is 0 Å². The fourth-order valence-electron chi connectivity index (χ4n) is 4.04. The molecule has 0 saturated carbocycles. The summed E-state index contributed by atoms with van der Waals surface area (Å²) in [7, 11) is -4.28. The van der Waals surface area contributed by atoms with E-state index in [-0.39, 0.29) is 30.3 Å². The molecule has 4 rings (SSSR count). The number of nitrogens with one attached hydrogen (secondary N) is 1. The highest BCUT2D eigenvalue weighted by Crippen LogP contribution is 2.25. The van der Waals surface area contributed by atoms with Crippen LogP contribution < -0.4 is 5.32 Å². The van der Waals surface area contributed by atoms with Crippen LogP contribution in [0.2, 0.25) is 0 Å². The van der Waals surface area contributed by atoms with E-state index in [1.165, 1.54) is 16.4 Å². The predicted octanol–water partition coefficient (Wildman–Crippen LogP) is 6.86. The summed E-state index contributed by atoms with van der Waals surface area (Å²) >= 11 is 3.37. The number of ether oxygens (including phenoxy) is 1. The quantitative estimate of drug-likeness (QED) is 0.188. The Bertz CT molecular complexity index is 1710. The molecule has 0 radical (unpaired) electrons. The molecule has 4 aromatic carbocycles. The predicted molar refractivity (Wildman–Crippen MR) is 158 cm³/mol. The van der Waals surface area contributed by atoms with Crippen molar-refractivity contribution in [1.82, 2.24) is 4.31 Å². The van der Waals surface area contributed by atoms with Crippen LogP contribution in [0.4, 0.5) is 14.5 Å². The molecule has 0 aliphatic carbocycles. The third kappa shape index (κ3) is 7.47. The summed E-state index contributed by atoms with van der Waals surface area (Å²) in [4.78, 5) is 24.6. The highest BCUT2D eigenvalue weighted by atomic mass is 79.9. The van der Waals surface area contributed by atoms with E-state index in [1.54, 1.807) is 62.4 Å². The third-order valence-corrected chi connectivity index (χ3v) is 8.66. The molecule has 0 fully saturated rings. The van der Waals surface area contributed by atoms with Crippen LogP contribution in [0.15, 0.2) is 94.3 Å². The smallest absolute Gasteiger partial charge is 0.338 e. The summed E-state index contributed by atoms with van der Waals surface area (Å²) in [5.74, 6) is -2.91. The van der Waals surface area contributed by atoms with Crippen molar-refractivity contribution in [3.63, 3.8) is 0 Å². The Morgan fingerprint density at radius 1 is 0.857 bits per heavy atom. The van der Waals surface area contributed by atoms with Crippen LogP contribution in [0, 0.1) is 18.6 Å². The third-order valence-electron chi connectivity index (χ3n) is 6.35. The number of halogens is 3. The van der Waals surface area contributed by atoms with Crippen molar-refractivity contribution in [3.8, 4) is 0 Å². The Kier molecular flexibility index (Phi) is 9.87. The SMILES string of the molecule is CCOC(=O)c1ccc(CN(Cc2ccc(Br)cc2)S(=O)(=O)c2ccc(F)c(C(=O)Nc3ccc(C)c(F)c3)c2)cc1. The lowest BCUT2D eigenvalue weighted by Gasteiger charge is -2.23. The van der Waals surface area contributed by atoms with Crippen molar-refractivity contribution < 1.29 is 31.5 Å². The molecule has 11 heteroatoms. The van der Waals surface area contributed by atoms with Gasteiger partial charge in [0, 0.05) is 23.2 Å². The summed E-state index contributed by atoms with van der Waals surface area (Å²) in [6.45, 7) is 3.37. The minimum Gasteiger partial charge on any atom is -0.462 e. The zero-order valence-electron chi connectivity index (χ0n) is 22.7. The molecule has 0 saturated heterocycles. The molecule has 0 unspecified atom stereocenters. The van der Waals surface area contributed by atoms with Crippen LogP contribution in [-0.2, 0) is 27.8 Å². The van der Waals surface area contributed by atoms with Crippen molar-refractivity contribution in [2.75, 3.05) is 11.9 Å². The number of carbonyl (C=O) groups is 2. The van der Waals surface area contributed by atoms with Gasteiger partial charge in [0.15, 0.2) is 0 Å². The molecule has 0 aromatic heterocycles. The van der Waals surface area contributed by atoms with Crippen LogP contribution in [0.25, 0.3) is 0 Å². The van der Waals surface area contributed by atoms with E-state index in [9.17, 15) is 26.8 Å². The van der Waals surface area contributed by atoms with Gasteiger partial charge in [0.05, 0.1) is 22.6 Å². The van der Waals surface area contributed by atoms with Crippen LogP contribution in [-0.4, -0.2) is 31.2 Å². The Hall–Kier alpha value is -3.93. The molecule has 0 aliphatic heterocycles. The lowest BCUT2D eigenvalue weighted by Crippen LogP contribution is -2.30. The molecule has 0 bridgehead atoms. The minimum absolute atomic E-state index is 0.0310. The molecule has 1 N–H and O–H groups in total. The number of benzene rings is 4. The summed E-state index contributed by atoms with van der Waals surface area (Å²) in [5, 5.41) is 2.41. The monoisotopic (exact) mass is 656 g/mol.